The van der Waals surface area contributed by atoms with E-state index in [0.29, 0.717) is 12.6 Å². The number of nitrogens with zero attached hydrogens (tertiary/aromatic N) is 4. The third-order valence-electron chi connectivity index (χ3n) is 6.22. The second-order valence-corrected chi connectivity index (χ2v) is 8.10. The summed E-state index contributed by atoms with van der Waals surface area (Å²) in [6.45, 7) is 6.61. The van der Waals surface area contributed by atoms with E-state index in [4.69, 9.17) is 9.84 Å². The first kappa shape index (κ1) is 18.3. The molecule has 0 unspecified atom stereocenters. The average molecular weight is 390 g/mol. The summed E-state index contributed by atoms with van der Waals surface area (Å²) >= 11 is 0. The number of benzene rings is 1. The van der Waals surface area contributed by atoms with Gasteiger partial charge in [-0.3, -0.25) is 14.5 Å². The maximum atomic E-state index is 12.1. The fourth-order valence-corrected chi connectivity index (χ4v) is 4.65. The number of rotatable bonds is 2. The molecule has 2 aliphatic rings. The first-order valence-corrected chi connectivity index (χ1v) is 10.4. The first-order chi connectivity index (χ1) is 14.1. The molecule has 150 valence electrons. The SMILES string of the molecule is CC(=O)N1CCc2c(c(-c3cccc4cc(C)ncc34)nn2C2CCOCC2)C1. The van der Waals surface area contributed by atoms with Crippen molar-refractivity contribution in [1.82, 2.24) is 19.7 Å². The van der Waals surface area contributed by atoms with Crippen LogP contribution in [-0.4, -0.2) is 45.3 Å². The van der Waals surface area contributed by atoms with Crippen molar-refractivity contribution < 1.29 is 9.53 Å². The Hall–Kier alpha value is -2.73. The van der Waals surface area contributed by atoms with Gasteiger partial charge in [-0.2, -0.15) is 5.10 Å². The molecule has 3 aromatic rings. The van der Waals surface area contributed by atoms with E-state index in [1.54, 1.807) is 6.92 Å². The van der Waals surface area contributed by atoms with Crippen molar-refractivity contribution in [3.05, 3.63) is 47.4 Å². The minimum atomic E-state index is 0.121. The molecule has 0 bridgehead atoms. The Bertz CT molecular complexity index is 1080. The van der Waals surface area contributed by atoms with Gasteiger partial charge >= 0.3 is 0 Å². The lowest BCUT2D eigenvalue weighted by atomic mass is 9.97. The quantitative estimate of drug-likeness (QED) is 0.670. The topological polar surface area (TPSA) is 60.2 Å². The van der Waals surface area contributed by atoms with Gasteiger partial charge in [0, 0.05) is 73.7 Å². The first-order valence-electron chi connectivity index (χ1n) is 10.4. The van der Waals surface area contributed by atoms with Gasteiger partial charge < -0.3 is 9.64 Å². The molecule has 29 heavy (non-hydrogen) atoms. The van der Waals surface area contributed by atoms with Crippen LogP contribution < -0.4 is 0 Å². The van der Waals surface area contributed by atoms with E-state index in [1.165, 1.54) is 16.6 Å². The summed E-state index contributed by atoms with van der Waals surface area (Å²) < 4.78 is 7.81. The highest BCUT2D eigenvalue weighted by atomic mass is 16.5. The summed E-state index contributed by atoms with van der Waals surface area (Å²) in [7, 11) is 0. The number of fused-ring (bicyclic) bond motifs is 2. The Kier molecular flexibility index (Phi) is 4.59. The minimum absolute atomic E-state index is 0.121. The van der Waals surface area contributed by atoms with Crippen molar-refractivity contribution in [3.63, 3.8) is 0 Å². The van der Waals surface area contributed by atoms with E-state index >= 15 is 0 Å². The molecule has 5 rings (SSSR count). The smallest absolute Gasteiger partial charge is 0.219 e. The summed E-state index contributed by atoms with van der Waals surface area (Å²) in [6.07, 6.45) is 4.77. The van der Waals surface area contributed by atoms with Crippen LogP contribution in [0.25, 0.3) is 22.0 Å². The maximum Gasteiger partial charge on any atom is 0.219 e. The van der Waals surface area contributed by atoms with Crippen molar-refractivity contribution in [2.24, 2.45) is 0 Å². The predicted octanol–water partition coefficient (Wildman–Crippen LogP) is 3.66. The highest BCUT2D eigenvalue weighted by Gasteiger charge is 2.30. The highest BCUT2D eigenvalue weighted by Crippen LogP contribution is 2.36. The fourth-order valence-electron chi connectivity index (χ4n) is 4.65. The van der Waals surface area contributed by atoms with Crippen molar-refractivity contribution in [2.75, 3.05) is 19.8 Å². The second-order valence-electron chi connectivity index (χ2n) is 8.10. The van der Waals surface area contributed by atoms with Gasteiger partial charge in [-0.15, -0.1) is 0 Å². The van der Waals surface area contributed by atoms with Crippen LogP contribution in [0.4, 0.5) is 0 Å². The van der Waals surface area contributed by atoms with Crippen LogP contribution >= 0.6 is 0 Å². The van der Waals surface area contributed by atoms with Crippen LogP contribution in [0.5, 0.6) is 0 Å². The number of carbonyl (C=O) groups is 1. The molecule has 0 saturated carbocycles. The van der Waals surface area contributed by atoms with Gasteiger partial charge in [-0.1, -0.05) is 18.2 Å². The molecular formula is C23H26N4O2. The van der Waals surface area contributed by atoms with E-state index < -0.39 is 0 Å². The molecule has 1 aromatic carbocycles. The van der Waals surface area contributed by atoms with Crippen LogP contribution in [0.3, 0.4) is 0 Å². The van der Waals surface area contributed by atoms with Crippen molar-refractivity contribution in [2.45, 2.75) is 45.7 Å². The van der Waals surface area contributed by atoms with E-state index in [9.17, 15) is 4.79 Å². The standard InChI is InChI=1S/C23H26N4O2/c1-15-12-17-4-3-5-19(20(17)13-24-15)23-21-14-26(16(2)28)9-6-22(21)27(25-23)18-7-10-29-11-8-18/h3-5,12-13,18H,6-11,14H2,1-2H3. The Morgan fingerprint density at radius 3 is 2.86 bits per heavy atom. The lowest BCUT2D eigenvalue weighted by Crippen LogP contribution is -2.35. The Morgan fingerprint density at radius 1 is 1.24 bits per heavy atom. The molecule has 0 radical (unpaired) electrons. The number of aromatic nitrogens is 3. The molecule has 0 N–H and O–H groups in total. The number of ether oxygens (including phenoxy) is 1. The second kappa shape index (κ2) is 7.26. The summed E-state index contributed by atoms with van der Waals surface area (Å²) in [5.74, 6) is 0.121. The molecule has 2 aliphatic heterocycles. The summed E-state index contributed by atoms with van der Waals surface area (Å²) in [5.41, 5.74) is 5.57. The third-order valence-corrected chi connectivity index (χ3v) is 6.22. The Morgan fingerprint density at radius 2 is 2.07 bits per heavy atom. The zero-order chi connectivity index (χ0) is 20.0. The highest BCUT2D eigenvalue weighted by molar-refractivity contribution is 5.96. The van der Waals surface area contributed by atoms with Crippen LogP contribution in [0.2, 0.25) is 0 Å². The molecule has 6 nitrogen and oxygen atoms in total. The third kappa shape index (κ3) is 3.21. The number of amides is 1. The maximum absolute atomic E-state index is 12.1. The molecule has 0 atom stereocenters. The monoisotopic (exact) mass is 390 g/mol. The molecule has 2 aromatic heterocycles. The van der Waals surface area contributed by atoms with Gasteiger partial charge in [-0.25, -0.2) is 0 Å². The summed E-state index contributed by atoms with van der Waals surface area (Å²) in [5, 5.41) is 7.43. The van der Waals surface area contributed by atoms with Crippen LogP contribution in [0.1, 0.15) is 42.8 Å². The average Bonchev–Trinajstić information content (AvgIpc) is 3.12. The van der Waals surface area contributed by atoms with Crippen molar-refractivity contribution in [3.8, 4) is 11.3 Å². The van der Waals surface area contributed by atoms with Crippen LogP contribution in [0, 0.1) is 6.92 Å². The number of pyridine rings is 1. The van der Waals surface area contributed by atoms with Gasteiger partial charge in [0.1, 0.15) is 0 Å². The molecule has 1 saturated heterocycles. The molecular weight excluding hydrogens is 364 g/mol. The molecule has 4 heterocycles. The fraction of sp³-hybridized carbons (Fsp3) is 0.435. The minimum Gasteiger partial charge on any atom is -0.381 e. The van der Waals surface area contributed by atoms with E-state index in [1.807, 2.05) is 18.0 Å². The van der Waals surface area contributed by atoms with Crippen molar-refractivity contribution in [1.29, 1.82) is 0 Å². The van der Waals surface area contributed by atoms with Gasteiger partial charge in [-0.05, 0) is 31.2 Å². The number of hydrogen-bond acceptors (Lipinski definition) is 4. The van der Waals surface area contributed by atoms with Crippen LogP contribution in [-0.2, 0) is 22.5 Å². The van der Waals surface area contributed by atoms with Crippen molar-refractivity contribution >= 4 is 16.7 Å². The van der Waals surface area contributed by atoms with E-state index in [-0.39, 0.29) is 5.91 Å². The lowest BCUT2D eigenvalue weighted by molar-refractivity contribution is -0.129. The molecule has 0 spiro atoms. The Balaban J connectivity index is 1.68. The zero-order valence-electron chi connectivity index (χ0n) is 17.0. The normalized spacial score (nSPS) is 17.5. The lowest BCUT2D eigenvalue weighted by Gasteiger charge is -2.29. The predicted molar refractivity (Wildman–Crippen MR) is 112 cm³/mol. The molecule has 1 amide bonds. The number of aryl methyl sites for hydroxylation is 1. The van der Waals surface area contributed by atoms with E-state index in [0.717, 1.165) is 61.4 Å². The largest absolute Gasteiger partial charge is 0.381 e. The van der Waals surface area contributed by atoms with E-state index in [2.05, 4.69) is 33.9 Å². The van der Waals surface area contributed by atoms with Gasteiger partial charge in [0.15, 0.2) is 0 Å². The molecule has 0 aliphatic carbocycles. The van der Waals surface area contributed by atoms with Gasteiger partial charge in [0.05, 0.1) is 11.7 Å². The number of carbonyl (C=O) groups excluding carboxylic acids is 1. The Labute approximate surface area is 170 Å². The zero-order valence-corrected chi connectivity index (χ0v) is 17.0. The molecule has 1 fully saturated rings. The van der Waals surface area contributed by atoms with Gasteiger partial charge in [0.25, 0.3) is 0 Å². The molecule has 6 heteroatoms. The number of hydrogen-bond donors (Lipinski definition) is 0. The summed E-state index contributed by atoms with van der Waals surface area (Å²) in [4.78, 5) is 18.5. The van der Waals surface area contributed by atoms with Gasteiger partial charge in [0.2, 0.25) is 5.91 Å². The van der Waals surface area contributed by atoms with Crippen LogP contribution in [0.15, 0.2) is 30.5 Å². The summed E-state index contributed by atoms with van der Waals surface area (Å²) in [6, 6.07) is 8.82.